The van der Waals surface area contributed by atoms with E-state index in [9.17, 15) is 0 Å². The summed E-state index contributed by atoms with van der Waals surface area (Å²) in [6.45, 7) is 9.11. The molecule has 0 aliphatic carbocycles. The van der Waals surface area contributed by atoms with E-state index < -0.39 is 0 Å². The molecule has 1 aromatic heterocycles. The minimum atomic E-state index is 0.190. The topological polar surface area (TPSA) is 84.0 Å². The van der Waals surface area contributed by atoms with Gasteiger partial charge in [-0.3, -0.25) is 9.88 Å². The van der Waals surface area contributed by atoms with Gasteiger partial charge in [-0.1, -0.05) is 5.16 Å². The number of oxime groups is 1. The second kappa shape index (κ2) is 7.09. The number of aromatic nitrogens is 1. The second-order valence-corrected chi connectivity index (χ2v) is 5.14. The zero-order valence-corrected chi connectivity index (χ0v) is 12.8. The lowest BCUT2D eigenvalue weighted by Gasteiger charge is -2.26. The Labute approximate surface area is 120 Å². The highest BCUT2D eigenvalue weighted by atomic mass is 16.5. The van der Waals surface area contributed by atoms with Crippen LogP contribution in [0.1, 0.15) is 30.7 Å². The summed E-state index contributed by atoms with van der Waals surface area (Å²) in [4.78, 5) is 6.56. The van der Waals surface area contributed by atoms with Crippen LogP contribution in [0.3, 0.4) is 0 Å². The molecule has 1 aromatic rings. The maximum atomic E-state index is 8.71. The molecule has 0 aliphatic rings. The van der Waals surface area contributed by atoms with E-state index in [-0.39, 0.29) is 11.9 Å². The summed E-state index contributed by atoms with van der Waals surface area (Å²) < 4.78 is 5.41. The van der Waals surface area contributed by atoms with Crippen molar-refractivity contribution in [2.45, 2.75) is 40.3 Å². The van der Waals surface area contributed by atoms with Crippen molar-refractivity contribution in [2.75, 3.05) is 13.7 Å². The molecule has 112 valence electrons. The van der Waals surface area contributed by atoms with E-state index in [4.69, 9.17) is 15.7 Å². The highest BCUT2D eigenvalue weighted by molar-refractivity contribution is 5.81. The number of nitrogens with zero attached hydrogens (tertiary/aromatic N) is 3. The average Bonchev–Trinajstić information content (AvgIpc) is 2.41. The average molecular weight is 280 g/mol. The number of aryl methyl sites for hydroxylation is 1. The molecule has 6 nitrogen and oxygen atoms in total. The zero-order chi connectivity index (χ0) is 15.3. The Bertz CT molecular complexity index is 486. The van der Waals surface area contributed by atoms with Crippen molar-refractivity contribution >= 4 is 5.84 Å². The minimum Gasteiger partial charge on any atom is -0.496 e. The molecule has 0 amide bonds. The van der Waals surface area contributed by atoms with Gasteiger partial charge in [-0.05, 0) is 27.7 Å². The molecule has 0 aliphatic heterocycles. The van der Waals surface area contributed by atoms with Gasteiger partial charge in [-0.2, -0.15) is 0 Å². The molecule has 0 radical (unpaired) electrons. The Morgan fingerprint density at radius 3 is 2.65 bits per heavy atom. The summed E-state index contributed by atoms with van der Waals surface area (Å²) >= 11 is 0. The molecular formula is C14H24N4O2. The van der Waals surface area contributed by atoms with Crippen molar-refractivity contribution in [1.29, 1.82) is 0 Å². The molecule has 20 heavy (non-hydrogen) atoms. The third-order valence-corrected chi connectivity index (χ3v) is 3.33. The maximum Gasteiger partial charge on any atom is 0.153 e. The normalized spacial score (nSPS) is 12.2. The summed E-state index contributed by atoms with van der Waals surface area (Å²) in [6, 6.07) is 0.254. The molecule has 0 saturated heterocycles. The van der Waals surface area contributed by atoms with Crippen LogP contribution in [-0.4, -0.2) is 40.6 Å². The maximum absolute atomic E-state index is 8.71. The number of nitrogens with two attached hydrogens (primary N) is 1. The smallest absolute Gasteiger partial charge is 0.153 e. The Hall–Kier alpha value is -1.82. The largest absolute Gasteiger partial charge is 0.496 e. The molecule has 0 atom stereocenters. The molecular weight excluding hydrogens is 256 g/mol. The molecule has 0 bridgehead atoms. The van der Waals surface area contributed by atoms with E-state index >= 15 is 0 Å². The first kappa shape index (κ1) is 16.2. The van der Waals surface area contributed by atoms with Crippen LogP contribution in [0.25, 0.3) is 0 Å². The predicted octanol–water partition coefficient (Wildman–Crippen LogP) is 1.66. The quantitative estimate of drug-likeness (QED) is 0.358. The number of rotatable bonds is 6. The van der Waals surface area contributed by atoms with Crippen molar-refractivity contribution in [2.24, 2.45) is 10.9 Å². The van der Waals surface area contributed by atoms with Gasteiger partial charge in [-0.15, -0.1) is 0 Å². The fraction of sp³-hybridized carbons (Fsp3) is 0.571. The molecule has 0 unspecified atom stereocenters. The predicted molar refractivity (Wildman–Crippen MR) is 79.2 cm³/mol. The Morgan fingerprint density at radius 2 is 2.15 bits per heavy atom. The molecule has 0 aromatic carbocycles. The summed E-state index contributed by atoms with van der Waals surface area (Å²) in [6.07, 6.45) is 1.81. The number of hydrogen-bond donors (Lipinski definition) is 2. The lowest BCUT2D eigenvalue weighted by Crippen LogP contribution is -2.38. The molecule has 3 N–H and O–H groups in total. The summed E-state index contributed by atoms with van der Waals surface area (Å²) in [5.41, 5.74) is 8.57. The first-order valence-electron chi connectivity index (χ1n) is 6.60. The van der Waals surface area contributed by atoms with Crippen LogP contribution in [-0.2, 0) is 6.54 Å². The van der Waals surface area contributed by atoms with Crippen LogP contribution in [0.5, 0.6) is 5.75 Å². The van der Waals surface area contributed by atoms with Crippen LogP contribution in [0, 0.1) is 13.8 Å². The van der Waals surface area contributed by atoms with E-state index in [1.165, 1.54) is 0 Å². The van der Waals surface area contributed by atoms with Gasteiger partial charge in [0.1, 0.15) is 5.75 Å². The van der Waals surface area contributed by atoms with Crippen LogP contribution < -0.4 is 10.5 Å². The second-order valence-electron chi connectivity index (χ2n) is 5.14. The highest BCUT2D eigenvalue weighted by Crippen LogP contribution is 2.25. The zero-order valence-electron chi connectivity index (χ0n) is 12.8. The van der Waals surface area contributed by atoms with Gasteiger partial charge >= 0.3 is 0 Å². The van der Waals surface area contributed by atoms with Crippen molar-refractivity contribution in [3.8, 4) is 5.75 Å². The van der Waals surface area contributed by atoms with Gasteiger partial charge in [0.05, 0.1) is 19.3 Å². The summed E-state index contributed by atoms with van der Waals surface area (Å²) in [5.74, 6) is 1.05. The lowest BCUT2D eigenvalue weighted by atomic mass is 10.1. The first-order valence-corrected chi connectivity index (χ1v) is 6.60. The standard InChI is InChI=1S/C14H24N4O2/c1-9(2)18(8-13(15)17-19)7-12-11(4)14(20-5)10(3)6-16-12/h6,9,19H,7-8H2,1-5H3,(H2,15,17). The van der Waals surface area contributed by atoms with E-state index in [2.05, 4.69) is 28.9 Å². The molecule has 0 saturated carbocycles. The van der Waals surface area contributed by atoms with Gasteiger partial charge in [0.2, 0.25) is 0 Å². The Balaban J connectivity index is 3.00. The Morgan fingerprint density at radius 1 is 1.50 bits per heavy atom. The summed E-state index contributed by atoms with van der Waals surface area (Å²) in [7, 11) is 1.66. The molecule has 1 heterocycles. The van der Waals surface area contributed by atoms with E-state index in [1.807, 2.05) is 20.0 Å². The van der Waals surface area contributed by atoms with E-state index in [1.54, 1.807) is 7.11 Å². The molecule has 1 rings (SSSR count). The highest BCUT2D eigenvalue weighted by Gasteiger charge is 2.16. The van der Waals surface area contributed by atoms with Crippen LogP contribution in [0.2, 0.25) is 0 Å². The minimum absolute atomic E-state index is 0.190. The SMILES string of the molecule is COc1c(C)cnc(CN(CC(N)=NO)C(C)C)c1C. The lowest BCUT2D eigenvalue weighted by molar-refractivity contribution is 0.235. The Kier molecular flexibility index (Phi) is 5.76. The third-order valence-electron chi connectivity index (χ3n) is 3.33. The molecule has 6 heteroatoms. The number of amidine groups is 1. The number of methoxy groups -OCH3 is 1. The van der Waals surface area contributed by atoms with Gasteiger partial charge in [0.15, 0.2) is 5.84 Å². The molecule has 0 fully saturated rings. The van der Waals surface area contributed by atoms with Crippen molar-refractivity contribution < 1.29 is 9.94 Å². The van der Waals surface area contributed by atoms with E-state index in [0.29, 0.717) is 13.1 Å². The van der Waals surface area contributed by atoms with Crippen LogP contribution in [0.4, 0.5) is 0 Å². The van der Waals surface area contributed by atoms with Gasteiger partial charge in [0, 0.05) is 29.9 Å². The van der Waals surface area contributed by atoms with Crippen molar-refractivity contribution in [3.63, 3.8) is 0 Å². The monoisotopic (exact) mass is 280 g/mol. The van der Waals surface area contributed by atoms with Gasteiger partial charge in [0.25, 0.3) is 0 Å². The number of hydrogen-bond acceptors (Lipinski definition) is 5. The van der Waals surface area contributed by atoms with E-state index in [0.717, 1.165) is 22.6 Å². The fourth-order valence-corrected chi connectivity index (χ4v) is 2.08. The van der Waals surface area contributed by atoms with Crippen LogP contribution in [0.15, 0.2) is 11.4 Å². The molecule has 0 spiro atoms. The van der Waals surface area contributed by atoms with Crippen molar-refractivity contribution in [1.82, 2.24) is 9.88 Å². The third kappa shape index (κ3) is 3.84. The first-order chi connectivity index (χ1) is 9.40. The van der Waals surface area contributed by atoms with Gasteiger partial charge < -0.3 is 15.7 Å². The number of ether oxygens (including phenoxy) is 1. The fourth-order valence-electron chi connectivity index (χ4n) is 2.08. The number of pyridine rings is 1. The summed E-state index contributed by atoms with van der Waals surface area (Å²) in [5, 5.41) is 11.7. The van der Waals surface area contributed by atoms with Gasteiger partial charge in [-0.25, -0.2) is 0 Å². The van der Waals surface area contributed by atoms with Crippen molar-refractivity contribution in [3.05, 3.63) is 23.0 Å². The van der Waals surface area contributed by atoms with Crippen LogP contribution >= 0.6 is 0 Å².